The largest absolute Gasteiger partial charge is 0.454 e. The second-order valence-corrected chi connectivity index (χ2v) is 9.43. The highest BCUT2D eigenvalue weighted by Gasteiger charge is 2.31. The number of fused-ring (bicyclic) bond motifs is 1. The smallest absolute Gasteiger partial charge is 0.266 e. The highest BCUT2D eigenvalue weighted by Crippen LogP contribution is 2.35. The molecule has 1 fully saturated rings. The van der Waals surface area contributed by atoms with Crippen LogP contribution >= 0.6 is 35.3 Å². The molecule has 0 radical (unpaired) electrons. The number of ether oxygens (including phenoxy) is 2. The highest BCUT2D eigenvalue weighted by molar-refractivity contribution is 8.26. The fourth-order valence-electron chi connectivity index (χ4n) is 3.13. The average molecular weight is 461 g/mol. The summed E-state index contributed by atoms with van der Waals surface area (Å²) < 4.78 is 11.2. The molecule has 2 aliphatic heterocycles. The summed E-state index contributed by atoms with van der Waals surface area (Å²) in [5, 5.41) is 4.86. The first-order valence-electron chi connectivity index (χ1n) is 9.58. The molecule has 30 heavy (non-hydrogen) atoms. The third-order valence-corrected chi connectivity index (χ3v) is 6.83. The maximum Gasteiger partial charge on any atom is 0.266 e. The summed E-state index contributed by atoms with van der Waals surface area (Å²) >= 11 is 8.31. The van der Waals surface area contributed by atoms with Gasteiger partial charge in [0, 0.05) is 29.6 Å². The van der Waals surface area contributed by atoms with Gasteiger partial charge >= 0.3 is 0 Å². The zero-order valence-electron chi connectivity index (χ0n) is 16.1. The maximum atomic E-state index is 12.6. The van der Waals surface area contributed by atoms with Gasteiger partial charge in [-0.1, -0.05) is 36.5 Å². The van der Waals surface area contributed by atoms with E-state index in [1.165, 1.54) is 11.8 Å². The number of thiophene rings is 1. The van der Waals surface area contributed by atoms with Crippen molar-refractivity contribution in [3.05, 3.63) is 45.5 Å². The summed E-state index contributed by atoms with van der Waals surface area (Å²) in [6.45, 7) is 0.787. The van der Waals surface area contributed by atoms with Crippen LogP contribution in [0.4, 0.5) is 5.69 Å². The van der Waals surface area contributed by atoms with Crippen molar-refractivity contribution >= 4 is 63.2 Å². The number of thiocarbonyl (C=S) groups is 1. The molecule has 0 atom stereocenters. The fourth-order valence-corrected chi connectivity index (χ4v) is 5.16. The molecule has 9 heteroatoms. The Hall–Kier alpha value is -2.36. The molecule has 2 amide bonds. The van der Waals surface area contributed by atoms with Crippen molar-refractivity contribution in [2.45, 2.75) is 25.7 Å². The minimum absolute atomic E-state index is 0.0287. The van der Waals surface area contributed by atoms with Gasteiger partial charge in [-0.25, -0.2) is 0 Å². The molecular weight excluding hydrogens is 440 g/mol. The second-order valence-electron chi connectivity index (χ2n) is 6.78. The van der Waals surface area contributed by atoms with E-state index in [0.717, 1.165) is 24.1 Å². The van der Waals surface area contributed by atoms with E-state index in [-0.39, 0.29) is 18.6 Å². The number of carbonyl (C=O) groups is 2. The van der Waals surface area contributed by atoms with E-state index < -0.39 is 0 Å². The lowest BCUT2D eigenvalue weighted by atomic mass is 10.1. The lowest BCUT2D eigenvalue weighted by molar-refractivity contribution is -0.122. The van der Waals surface area contributed by atoms with Crippen molar-refractivity contribution in [3.63, 3.8) is 0 Å². The molecule has 3 heterocycles. The summed E-state index contributed by atoms with van der Waals surface area (Å²) in [6, 6.07) is 9.28. The number of thioether (sulfide) groups is 1. The van der Waals surface area contributed by atoms with Crippen LogP contribution in [0.2, 0.25) is 0 Å². The van der Waals surface area contributed by atoms with E-state index in [0.29, 0.717) is 39.4 Å². The van der Waals surface area contributed by atoms with Gasteiger partial charge in [0.05, 0.1) is 4.91 Å². The van der Waals surface area contributed by atoms with E-state index >= 15 is 0 Å². The molecule has 2 aliphatic rings. The van der Waals surface area contributed by atoms with Gasteiger partial charge in [-0.05, 0) is 42.5 Å². The van der Waals surface area contributed by atoms with Crippen molar-refractivity contribution in [1.82, 2.24) is 4.90 Å². The SMILES string of the molecule is O=C(CCCCCN1C(=O)/C(=C/c2cccs2)SC1=S)Nc1ccc2c(c1)OCO2. The Kier molecular flexibility index (Phi) is 6.71. The minimum Gasteiger partial charge on any atom is -0.454 e. The number of rotatable bonds is 8. The van der Waals surface area contributed by atoms with Crippen LogP contribution in [0, 0.1) is 0 Å². The molecule has 1 aromatic carbocycles. The first kappa shape index (κ1) is 20.9. The predicted molar refractivity (Wildman–Crippen MR) is 124 cm³/mol. The number of unbranched alkanes of at least 4 members (excludes halogenated alkanes) is 2. The molecule has 0 saturated carbocycles. The van der Waals surface area contributed by atoms with E-state index in [4.69, 9.17) is 21.7 Å². The number of carbonyl (C=O) groups excluding carboxylic acids is 2. The maximum absolute atomic E-state index is 12.6. The summed E-state index contributed by atoms with van der Waals surface area (Å²) in [5.41, 5.74) is 0.694. The highest BCUT2D eigenvalue weighted by atomic mass is 32.2. The van der Waals surface area contributed by atoms with Crippen LogP contribution in [-0.4, -0.2) is 34.4 Å². The number of hydrogen-bond donors (Lipinski definition) is 1. The first-order valence-corrected chi connectivity index (χ1v) is 11.7. The van der Waals surface area contributed by atoms with Gasteiger partial charge in [0.25, 0.3) is 5.91 Å². The topological polar surface area (TPSA) is 67.9 Å². The average Bonchev–Trinajstić information content (AvgIpc) is 3.45. The molecule has 6 nitrogen and oxygen atoms in total. The third kappa shape index (κ3) is 5.03. The Labute approximate surface area is 188 Å². The van der Waals surface area contributed by atoms with Crippen molar-refractivity contribution < 1.29 is 19.1 Å². The Morgan fingerprint density at radius 3 is 2.90 bits per heavy atom. The summed E-state index contributed by atoms with van der Waals surface area (Å²) in [6.07, 6.45) is 4.71. The number of nitrogens with zero attached hydrogens (tertiary/aromatic N) is 1. The van der Waals surface area contributed by atoms with Gasteiger partial charge in [0.1, 0.15) is 4.32 Å². The second kappa shape index (κ2) is 9.63. The molecule has 2 aromatic rings. The zero-order valence-corrected chi connectivity index (χ0v) is 18.5. The van der Waals surface area contributed by atoms with Crippen LogP contribution in [-0.2, 0) is 9.59 Å². The van der Waals surface area contributed by atoms with Crippen LogP contribution in [0.1, 0.15) is 30.6 Å². The van der Waals surface area contributed by atoms with Crippen molar-refractivity contribution in [2.24, 2.45) is 0 Å². The molecule has 1 saturated heterocycles. The van der Waals surface area contributed by atoms with Crippen LogP contribution in [0.5, 0.6) is 11.5 Å². The summed E-state index contributed by atoms with van der Waals surface area (Å²) in [4.78, 5) is 28.1. The molecule has 0 spiro atoms. The van der Waals surface area contributed by atoms with Crippen LogP contribution in [0.25, 0.3) is 6.08 Å². The lowest BCUT2D eigenvalue weighted by Crippen LogP contribution is -2.29. The van der Waals surface area contributed by atoms with Gasteiger partial charge in [0.2, 0.25) is 12.7 Å². The first-order chi connectivity index (χ1) is 14.6. The molecule has 0 aliphatic carbocycles. The molecule has 1 aromatic heterocycles. The molecule has 0 bridgehead atoms. The predicted octanol–water partition coefficient (Wildman–Crippen LogP) is 4.88. The van der Waals surface area contributed by atoms with E-state index in [9.17, 15) is 9.59 Å². The molecule has 4 rings (SSSR count). The fraction of sp³-hybridized carbons (Fsp3) is 0.286. The molecule has 0 unspecified atom stereocenters. The van der Waals surface area contributed by atoms with Crippen molar-refractivity contribution in [3.8, 4) is 11.5 Å². The zero-order chi connectivity index (χ0) is 20.9. The molecule has 156 valence electrons. The van der Waals surface area contributed by atoms with Gasteiger partial charge in [-0.15, -0.1) is 11.3 Å². The number of amides is 2. The van der Waals surface area contributed by atoms with Gasteiger partial charge in [-0.3, -0.25) is 14.5 Å². The Morgan fingerprint density at radius 2 is 2.07 bits per heavy atom. The van der Waals surface area contributed by atoms with E-state index in [2.05, 4.69) is 5.32 Å². The quantitative estimate of drug-likeness (QED) is 0.344. The van der Waals surface area contributed by atoms with Gasteiger partial charge in [-0.2, -0.15) is 0 Å². The van der Waals surface area contributed by atoms with Gasteiger partial charge in [0.15, 0.2) is 11.5 Å². The Bertz CT molecular complexity index is 988. The normalized spacial score (nSPS) is 16.5. The number of nitrogens with one attached hydrogen (secondary N) is 1. The number of benzene rings is 1. The molecular formula is C21H20N2O4S3. The van der Waals surface area contributed by atoms with Gasteiger partial charge < -0.3 is 14.8 Å². The van der Waals surface area contributed by atoms with Crippen molar-refractivity contribution in [2.75, 3.05) is 18.7 Å². The Balaban J connectivity index is 1.17. The minimum atomic E-state index is -0.0432. The summed E-state index contributed by atoms with van der Waals surface area (Å²) in [5.74, 6) is 1.26. The number of hydrogen-bond acceptors (Lipinski definition) is 7. The summed E-state index contributed by atoms with van der Waals surface area (Å²) in [7, 11) is 0. The standard InChI is InChI=1S/C21H20N2O4S3/c24-19(22-14-7-8-16-17(11-14)27-13-26-16)6-2-1-3-9-23-20(25)18(30-21(23)28)12-15-5-4-10-29-15/h4-5,7-8,10-12H,1-3,6,9,13H2,(H,22,24)/b18-12-. The van der Waals surface area contributed by atoms with E-state index in [1.807, 2.05) is 23.6 Å². The number of anilines is 1. The van der Waals surface area contributed by atoms with Crippen LogP contribution < -0.4 is 14.8 Å². The van der Waals surface area contributed by atoms with E-state index in [1.54, 1.807) is 34.4 Å². The van der Waals surface area contributed by atoms with Crippen LogP contribution in [0.15, 0.2) is 40.6 Å². The Morgan fingerprint density at radius 1 is 1.20 bits per heavy atom. The molecule has 1 N–H and O–H groups in total. The lowest BCUT2D eigenvalue weighted by Gasteiger charge is -2.14. The third-order valence-electron chi connectivity index (χ3n) is 4.63. The van der Waals surface area contributed by atoms with Crippen LogP contribution in [0.3, 0.4) is 0 Å². The van der Waals surface area contributed by atoms with Crippen molar-refractivity contribution in [1.29, 1.82) is 0 Å². The monoisotopic (exact) mass is 460 g/mol.